The normalized spacial score (nSPS) is 14.6. The fourth-order valence-corrected chi connectivity index (χ4v) is 2.36. The van der Waals surface area contributed by atoms with Gasteiger partial charge in [0.2, 0.25) is 0 Å². The van der Waals surface area contributed by atoms with E-state index in [1.54, 1.807) is 0 Å². The number of aliphatic hydroxyl groups is 1. The molecule has 0 aromatic carbocycles. The van der Waals surface area contributed by atoms with Crippen molar-refractivity contribution in [3.05, 3.63) is 29.8 Å². The van der Waals surface area contributed by atoms with E-state index in [2.05, 4.69) is 30.1 Å². The molecular weight excluding hydrogens is 263 g/mol. The lowest BCUT2D eigenvalue weighted by Crippen LogP contribution is -2.31. The fraction of sp³-hybridized carbons (Fsp3) is 0.643. The first-order valence-corrected chi connectivity index (χ1v) is 7.92. The van der Waals surface area contributed by atoms with Gasteiger partial charge in [-0.2, -0.15) is 11.8 Å². The minimum absolute atomic E-state index is 0.376. The number of aliphatic hydroxyl groups excluding tert-OH is 1. The second kappa shape index (κ2) is 8.51. The van der Waals surface area contributed by atoms with Crippen LogP contribution in [0.15, 0.2) is 18.3 Å². The Labute approximate surface area is 119 Å². The summed E-state index contributed by atoms with van der Waals surface area (Å²) in [7, 11) is 2.07. The van der Waals surface area contributed by atoms with E-state index >= 15 is 0 Å². The van der Waals surface area contributed by atoms with Gasteiger partial charge in [-0.25, -0.2) is 4.39 Å². The lowest BCUT2D eigenvalue weighted by Gasteiger charge is -2.25. The number of pyridine rings is 1. The maximum absolute atomic E-state index is 12.7. The lowest BCUT2D eigenvalue weighted by molar-refractivity contribution is 0.134. The molecule has 1 aromatic heterocycles. The van der Waals surface area contributed by atoms with Crippen LogP contribution in [0.4, 0.5) is 4.39 Å². The highest BCUT2D eigenvalue weighted by Gasteiger charge is 2.13. The SMILES string of the molecule is CSCCC(C)N(C)CCC(O)c1ccc(F)cn1. The molecule has 0 spiro atoms. The first kappa shape index (κ1) is 16.4. The lowest BCUT2D eigenvalue weighted by atomic mass is 10.1. The van der Waals surface area contributed by atoms with Gasteiger partial charge in [-0.05, 0) is 51.0 Å². The summed E-state index contributed by atoms with van der Waals surface area (Å²) in [6.07, 6.45) is 4.37. The zero-order chi connectivity index (χ0) is 14.3. The second-order valence-corrected chi connectivity index (χ2v) is 5.80. The number of aromatic nitrogens is 1. The van der Waals surface area contributed by atoms with Crippen molar-refractivity contribution in [1.82, 2.24) is 9.88 Å². The van der Waals surface area contributed by atoms with Crippen LogP contribution in [0.5, 0.6) is 0 Å². The van der Waals surface area contributed by atoms with Gasteiger partial charge in [-0.3, -0.25) is 4.98 Å². The highest BCUT2D eigenvalue weighted by molar-refractivity contribution is 7.98. The molecule has 0 aliphatic heterocycles. The van der Waals surface area contributed by atoms with E-state index in [-0.39, 0.29) is 5.82 Å². The number of rotatable bonds is 8. The molecule has 2 atom stereocenters. The standard InChI is InChI=1S/C14H23FN2OS/c1-11(7-9-19-3)17(2)8-6-14(18)13-5-4-12(15)10-16-13/h4-5,10-11,14,18H,6-9H2,1-3H3. The smallest absolute Gasteiger partial charge is 0.141 e. The highest BCUT2D eigenvalue weighted by Crippen LogP contribution is 2.16. The van der Waals surface area contributed by atoms with Gasteiger partial charge in [0, 0.05) is 12.6 Å². The van der Waals surface area contributed by atoms with Crippen LogP contribution in [0, 0.1) is 5.82 Å². The predicted octanol–water partition coefficient (Wildman–Crippen LogP) is 2.72. The quantitative estimate of drug-likeness (QED) is 0.797. The molecule has 0 saturated carbocycles. The Balaban J connectivity index is 2.36. The van der Waals surface area contributed by atoms with Gasteiger partial charge < -0.3 is 10.0 Å². The van der Waals surface area contributed by atoms with Gasteiger partial charge in [-0.1, -0.05) is 0 Å². The van der Waals surface area contributed by atoms with E-state index in [0.717, 1.165) is 24.9 Å². The Morgan fingerprint density at radius 1 is 1.42 bits per heavy atom. The topological polar surface area (TPSA) is 36.4 Å². The summed E-state index contributed by atoms with van der Waals surface area (Å²) < 4.78 is 12.7. The van der Waals surface area contributed by atoms with Crippen LogP contribution in [-0.2, 0) is 0 Å². The molecule has 0 amide bonds. The average Bonchev–Trinajstić information content (AvgIpc) is 2.42. The molecule has 0 bridgehead atoms. The maximum atomic E-state index is 12.7. The van der Waals surface area contributed by atoms with Crippen LogP contribution in [0.25, 0.3) is 0 Å². The van der Waals surface area contributed by atoms with Gasteiger partial charge in [0.05, 0.1) is 18.0 Å². The minimum atomic E-state index is -0.629. The van der Waals surface area contributed by atoms with Crippen LogP contribution in [-0.4, -0.2) is 46.6 Å². The number of nitrogens with zero attached hydrogens (tertiary/aromatic N) is 2. The van der Waals surface area contributed by atoms with Crippen LogP contribution in [0.1, 0.15) is 31.6 Å². The van der Waals surface area contributed by atoms with Crippen molar-refractivity contribution in [3.63, 3.8) is 0 Å². The molecule has 3 nitrogen and oxygen atoms in total. The first-order chi connectivity index (χ1) is 9.04. The van der Waals surface area contributed by atoms with E-state index < -0.39 is 6.10 Å². The Morgan fingerprint density at radius 3 is 2.74 bits per heavy atom. The zero-order valence-electron chi connectivity index (χ0n) is 11.8. The number of thioether (sulfide) groups is 1. The van der Waals surface area contributed by atoms with Crippen molar-refractivity contribution in [2.24, 2.45) is 0 Å². The molecule has 1 N–H and O–H groups in total. The van der Waals surface area contributed by atoms with Crippen LogP contribution in [0.2, 0.25) is 0 Å². The van der Waals surface area contributed by atoms with Crippen molar-refractivity contribution in [2.45, 2.75) is 31.9 Å². The molecule has 0 fully saturated rings. The molecule has 2 unspecified atom stereocenters. The summed E-state index contributed by atoms with van der Waals surface area (Å²) >= 11 is 1.85. The van der Waals surface area contributed by atoms with Gasteiger partial charge in [-0.15, -0.1) is 0 Å². The first-order valence-electron chi connectivity index (χ1n) is 6.53. The van der Waals surface area contributed by atoms with Gasteiger partial charge in [0.1, 0.15) is 5.82 Å². The highest BCUT2D eigenvalue weighted by atomic mass is 32.2. The third-order valence-electron chi connectivity index (χ3n) is 3.34. The second-order valence-electron chi connectivity index (χ2n) is 4.82. The summed E-state index contributed by atoms with van der Waals surface area (Å²) in [6.45, 7) is 2.99. The van der Waals surface area contributed by atoms with E-state index in [1.165, 1.54) is 12.1 Å². The Hall–Kier alpha value is -0.650. The summed E-state index contributed by atoms with van der Waals surface area (Å²) in [4.78, 5) is 6.14. The largest absolute Gasteiger partial charge is 0.387 e. The molecule has 1 rings (SSSR count). The van der Waals surface area contributed by atoms with Crippen LogP contribution in [0.3, 0.4) is 0 Å². The molecule has 0 aliphatic rings. The molecule has 1 heterocycles. The summed E-state index contributed by atoms with van der Waals surface area (Å²) in [5, 5.41) is 10.0. The molecule has 1 aromatic rings. The van der Waals surface area contributed by atoms with Crippen molar-refractivity contribution in [3.8, 4) is 0 Å². The zero-order valence-corrected chi connectivity index (χ0v) is 12.7. The van der Waals surface area contributed by atoms with Crippen molar-refractivity contribution >= 4 is 11.8 Å². The number of hydrogen-bond acceptors (Lipinski definition) is 4. The van der Waals surface area contributed by atoms with Crippen molar-refractivity contribution < 1.29 is 9.50 Å². The van der Waals surface area contributed by atoms with Gasteiger partial charge in [0.25, 0.3) is 0 Å². The monoisotopic (exact) mass is 286 g/mol. The van der Waals surface area contributed by atoms with E-state index in [0.29, 0.717) is 18.2 Å². The van der Waals surface area contributed by atoms with Crippen LogP contribution >= 0.6 is 11.8 Å². The molecular formula is C14H23FN2OS. The molecule has 0 aliphatic carbocycles. The van der Waals surface area contributed by atoms with E-state index in [4.69, 9.17) is 0 Å². The summed E-state index contributed by atoms with van der Waals surface area (Å²) in [5.41, 5.74) is 0.534. The maximum Gasteiger partial charge on any atom is 0.141 e. The van der Waals surface area contributed by atoms with Crippen molar-refractivity contribution in [1.29, 1.82) is 0 Å². The molecule has 5 heteroatoms. The van der Waals surface area contributed by atoms with E-state index in [1.807, 2.05) is 11.8 Å². The third kappa shape index (κ3) is 5.89. The average molecular weight is 286 g/mol. The molecule has 0 radical (unpaired) electrons. The molecule has 0 saturated heterocycles. The molecule has 108 valence electrons. The number of hydrogen-bond donors (Lipinski definition) is 1. The Bertz CT molecular complexity index is 361. The van der Waals surface area contributed by atoms with Gasteiger partial charge in [0.15, 0.2) is 0 Å². The van der Waals surface area contributed by atoms with Crippen molar-refractivity contribution in [2.75, 3.05) is 25.6 Å². The van der Waals surface area contributed by atoms with Crippen LogP contribution < -0.4 is 0 Å². The Morgan fingerprint density at radius 2 is 2.16 bits per heavy atom. The number of halogens is 1. The minimum Gasteiger partial charge on any atom is -0.387 e. The third-order valence-corrected chi connectivity index (χ3v) is 3.98. The van der Waals surface area contributed by atoms with E-state index in [9.17, 15) is 9.50 Å². The van der Waals surface area contributed by atoms with Gasteiger partial charge >= 0.3 is 0 Å². The summed E-state index contributed by atoms with van der Waals surface area (Å²) in [6, 6.07) is 3.37. The summed E-state index contributed by atoms with van der Waals surface area (Å²) in [5.74, 6) is 0.770. The molecule has 19 heavy (non-hydrogen) atoms. The Kier molecular flexibility index (Phi) is 7.34. The fourth-order valence-electron chi connectivity index (χ4n) is 1.79. The predicted molar refractivity (Wildman–Crippen MR) is 78.9 cm³/mol.